The Morgan fingerprint density at radius 3 is 2.03 bits per heavy atom. The number of fused-ring (bicyclic) bond motifs is 1. The molecule has 4 heteroatoms. The van der Waals surface area contributed by atoms with Gasteiger partial charge in [-0.15, -0.1) is 34.9 Å². The van der Waals surface area contributed by atoms with Crippen LogP contribution in [0.15, 0.2) is 48.2 Å². The minimum Gasteiger partial charge on any atom is -0.512 e. The van der Waals surface area contributed by atoms with Crippen LogP contribution in [0.1, 0.15) is 63.8 Å². The number of aliphatic hydroxyl groups excluding tert-OH is 1. The van der Waals surface area contributed by atoms with Gasteiger partial charge in [-0.05, 0) is 36.7 Å². The Morgan fingerprint density at radius 2 is 1.50 bits per heavy atom. The molecule has 0 unspecified atom stereocenters. The van der Waals surface area contributed by atoms with E-state index in [0.29, 0.717) is 0 Å². The van der Waals surface area contributed by atoms with E-state index in [4.69, 9.17) is 4.98 Å². The predicted molar refractivity (Wildman–Crippen MR) is 140 cm³/mol. The van der Waals surface area contributed by atoms with Crippen LogP contribution in [0.2, 0.25) is 0 Å². The molecule has 3 rings (SSSR count). The molecule has 0 fully saturated rings. The molecule has 34 heavy (non-hydrogen) atoms. The molecule has 1 aromatic heterocycles. The topological polar surface area (TPSA) is 50.2 Å². The third kappa shape index (κ3) is 8.18. The molecule has 0 aliphatic carbocycles. The third-order valence-corrected chi connectivity index (χ3v) is 5.37. The van der Waals surface area contributed by atoms with E-state index in [-0.39, 0.29) is 37.1 Å². The summed E-state index contributed by atoms with van der Waals surface area (Å²) in [5.41, 5.74) is 7.29. The first-order valence-corrected chi connectivity index (χ1v) is 11.4. The van der Waals surface area contributed by atoms with Gasteiger partial charge in [-0.2, -0.15) is 0 Å². The number of pyridine rings is 1. The maximum atomic E-state index is 11.5. The van der Waals surface area contributed by atoms with Crippen LogP contribution in [0.4, 0.5) is 0 Å². The van der Waals surface area contributed by atoms with Crippen LogP contribution >= 0.6 is 0 Å². The molecule has 0 saturated carbocycles. The molecule has 1 N–H and O–H groups in total. The van der Waals surface area contributed by atoms with Gasteiger partial charge in [0.25, 0.3) is 0 Å². The number of aryl methyl sites for hydroxylation is 4. The van der Waals surface area contributed by atoms with Gasteiger partial charge in [0.05, 0.1) is 5.52 Å². The Bertz CT molecular complexity index is 1170. The van der Waals surface area contributed by atoms with Crippen molar-refractivity contribution in [3.63, 3.8) is 0 Å². The van der Waals surface area contributed by atoms with Crippen LogP contribution in [0.5, 0.6) is 0 Å². The smallest absolute Gasteiger partial charge is 0.164 e. The number of aromatic nitrogens is 1. The number of carbonyl (C=O) groups is 1. The van der Waals surface area contributed by atoms with Gasteiger partial charge < -0.3 is 5.11 Å². The Labute approximate surface area is 219 Å². The second-order valence-corrected chi connectivity index (χ2v) is 11.0. The largest absolute Gasteiger partial charge is 0.512 e. The van der Waals surface area contributed by atoms with Crippen LogP contribution in [-0.4, -0.2) is 15.9 Å². The van der Waals surface area contributed by atoms with Crippen molar-refractivity contribution >= 4 is 16.7 Å². The second-order valence-electron chi connectivity index (χ2n) is 11.0. The van der Waals surface area contributed by atoms with Crippen molar-refractivity contribution < 1.29 is 30.0 Å². The van der Waals surface area contributed by atoms with Crippen LogP contribution in [-0.2, 0) is 24.9 Å². The average Bonchev–Trinajstić information content (AvgIpc) is 2.65. The van der Waals surface area contributed by atoms with Crippen molar-refractivity contribution in [2.75, 3.05) is 0 Å². The SMILES string of the molecule is CC(C)(C)C(=O)/C=C(\O)C(C)(C)C.Cc1[c-]c(-c2cc(C)c3ccc(C)cc3n2)cc(C)c1.[Ir]. The molecule has 0 atom stereocenters. The Hall–Kier alpha value is -2.29. The molecule has 2 aromatic carbocycles. The average molecular weight is 637 g/mol. The van der Waals surface area contributed by atoms with Gasteiger partial charge in [0.1, 0.15) is 5.76 Å². The van der Waals surface area contributed by atoms with Crippen LogP contribution in [0.25, 0.3) is 22.2 Å². The standard InChI is InChI=1S/C19H18N.C11H20O2.Ir/c1-12-5-6-17-15(4)11-18(20-19(17)10-12)16-8-13(2)7-14(3)9-16;1-10(2,3)8(12)7-9(13)11(4,5)6;/h5-8,10-11H,1-4H3;7,12H,1-6H3;/q-1;;/b;8-7-;. The van der Waals surface area contributed by atoms with E-state index in [1.165, 1.54) is 28.2 Å². The summed E-state index contributed by atoms with van der Waals surface area (Å²) < 4.78 is 0. The second kappa shape index (κ2) is 11.4. The molecule has 0 bridgehead atoms. The summed E-state index contributed by atoms with van der Waals surface area (Å²) in [6.45, 7) is 19.6. The van der Waals surface area contributed by atoms with E-state index in [9.17, 15) is 9.90 Å². The molecule has 3 nitrogen and oxygen atoms in total. The Kier molecular flexibility index (Phi) is 9.99. The van der Waals surface area contributed by atoms with Gasteiger partial charge in [-0.3, -0.25) is 9.78 Å². The summed E-state index contributed by atoms with van der Waals surface area (Å²) in [4.78, 5) is 16.3. The van der Waals surface area contributed by atoms with Gasteiger partial charge in [0.15, 0.2) is 5.78 Å². The zero-order valence-corrected chi connectivity index (χ0v) is 24.6. The van der Waals surface area contributed by atoms with Gasteiger partial charge in [-0.25, -0.2) is 0 Å². The maximum absolute atomic E-state index is 11.5. The van der Waals surface area contributed by atoms with E-state index in [2.05, 4.69) is 70.2 Å². The first kappa shape index (κ1) is 29.7. The van der Waals surface area contributed by atoms with Crippen molar-refractivity contribution in [2.45, 2.75) is 69.2 Å². The van der Waals surface area contributed by atoms with Gasteiger partial charge >= 0.3 is 0 Å². The third-order valence-electron chi connectivity index (χ3n) is 5.37. The van der Waals surface area contributed by atoms with Crippen LogP contribution in [0.3, 0.4) is 0 Å². The zero-order valence-electron chi connectivity index (χ0n) is 22.2. The number of hydrogen-bond acceptors (Lipinski definition) is 3. The van der Waals surface area contributed by atoms with E-state index in [1.807, 2.05) is 41.5 Å². The fourth-order valence-electron chi connectivity index (χ4n) is 3.24. The number of ketones is 1. The number of allylic oxidation sites excluding steroid dienone is 2. The number of aliphatic hydroxyl groups is 1. The molecule has 1 heterocycles. The molecular weight excluding hydrogens is 599 g/mol. The van der Waals surface area contributed by atoms with Crippen LogP contribution < -0.4 is 0 Å². The fraction of sp³-hybridized carbons (Fsp3) is 0.400. The zero-order chi connectivity index (χ0) is 25.1. The molecule has 185 valence electrons. The maximum Gasteiger partial charge on any atom is 0.164 e. The molecular formula is C30H38IrNO2-. The first-order chi connectivity index (χ1) is 15.1. The molecule has 1 radical (unpaired) electrons. The van der Waals surface area contributed by atoms with Crippen LogP contribution in [0, 0.1) is 44.6 Å². The van der Waals surface area contributed by atoms with Gasteiger partial charge in [-0.1, -0.05) is 73.6 Å². The van der Waals surface area contributed by atoms with Crippen molar-refractivity contribution in [3.05, 3.63) is 76.6 Å². The van der Waals surface area contributed by atoms with Crippen molar-refractivity contribution in [3.8, 4) is 11.3 Å². The van der Waals surface area contributed by atoms with E-state index >= 15 is 0 Å². The molecule has 0 aliphatic heterocycles. The number of carbonyl (C=O) groups excluding carboxylic acids is 1. The van der Waals surface area contributed by atoms with Gasteiger partial charge in [0, 0.05) is 42.4 Å². The summed E-state index contributed by atoms with van der Waals surface area (Å²) in [6.07, 6.45) is 1.33. The number of hydrogen-bond donors (Lipinski definition) is 1. The monoisotopic (exact) mass is 637 g/mol. The summed E-state index contributed by atoms with van der Waals surface area (Å²) in [6, 6.07) is 16.3. The van der Waals surface area contributed by atoms with Gasteiger partial charge in [0.2, 0.25) is 0 Å². The number of benzene rings is 2. The molecule has 0 spiro atoms. The predicted octanol–water partition coefficient (Wildman–Crippen LogP) is 8.02. The van der Waals surface area contributed by atoms with E-state index in [1.54, 1.807) is 0 Å². The molecule has 3 aromatic rings. The van der Waals surface area contributed by atoms with E-state index < -0.39 is 5.41 Å². The fourth-order valence-corrected chi connectivity index (χ4v) is 3.24. The minimum absolute atomic E-state index is 0. The Balaban J connectivity index is 0.000000364. The number of rotatable bonds is 2. The molecule has 0 aliphatic rings. The first-order valence-electron chi connectivity index (χ1n) is 11.4. The number of nitrogens with zero attached hydrogens (tertiary/aromatic N) is 1. The summed E-state index contributed by atoms with van der Waals surface area (Å²) in [7, 11) is 0. The van der Waals surface area contributed by atoms with Crippen molar-refractivity contribution in [2.24, 2.45) is 10.8 Å². The summed E-state index contributed by atoms with van der Waals surface area (Å²) >= 11 is 0. The summed E-state index contributed by atoms with van der Waals surface area (Å²) in [5.74, 6) is 0.104. The minimum atomic E-state index is -0.417. The van der Waals surface area contributed by atoms with E-state index in [0.717, 1.165) is 22.3 Å². The normalized spacial score (nSPS) is 12.0. The Morgan fingerprint density at radius 1 is 0.882 bits per heavy atom. The van der Waals surface area contributed by atoms with Crippen molar-refractivity contribution in [1.29, 1.82) is 0 Å². The quantitative estimate of drug-likeness (QED) is 0.176. The molecule has 0 saturated heterocycles. The molecule has 0 amide bonds. The van der Waals surface area contributed by atoms with Crippen molar-refractivity contribution in [1.82, 2.24) is 4.98 Å². The summed E-state index contributed by atoms with van der Waals surface area (Å²) in [5, 5.41) is 10.8.